The van der Waals surface area contributed by atoms with Crippen molar-refractivity contribution in [1.29, 1.82) is 0 Å². The predicted molar refractivity (Wildman–Crippen MR) is 124 cm³/mol. The maximum Gasteiger partial charge on any atom is 0.261 e. The molecule has 9 heteroatoms. The molecule has 0 spiro atoms. The molecule has 164 valence electrons. The van der Waals surface area contributed by atoms with Crippen molar-refractivity contribution in [2.24, 2.45) is 0 Å². The number of carbonyl (C=O) groups is 1. The van der Waals surface area contributed by atoms with Gasteiger partial charge in [0.25, 0.3) is 5.91 Å². The zero-order chi connectivity index (χ0) is 21.8. The van der Waals surface area contributed by atoms with E-state index in [1.54, 1.807) is 12.4 Å². The zero-order valence-corrected chi connectivity index (χ0v) is 19.2. The van der Waals surface area contributed by atoms with E-state index in [-0.39, 0.29) is 5.91 Å². The second kappa shape index (κ2) is 9.65. The second-order valence-corrected chi connectivity index (χ2v) is 8.80. The Morgan fingerprint density at radius 3 is 2.58 bits per heavy atom. The number of rotatable bonds is 7. The molecule has 4 rings (SSSR count). The molecule has 0 unspecified atom stereocenters. The number of aryl methyl sites for hydroxylation is 3. The first kappa shape index (κ1) is 21.6. The van der Waals surface area contributed by atoms with Crippen molar-refractivity contribution in [1.82, 2.24) is 30.2 Å². The number of piperazine rings is 1. The molecule has 0 aliphatic carbocycles. The van der Waals surface area contributed by atoms with E-state index in [4.69, 9.17) is 0 Å². The first-order valence-corrected chi connectivity index (χ1v) is 11.7. The topological polar surface area (TPSA) is 87.1 Å². The quantitative estimate of drug-likeness (QED) is 0.566. The number of fused-ring (bicyclic) bond motifs is 1. The molecule has 1 saturated heterocycles. The molecule has 1 fully saturated rings. The van der Waals surface area contributed by atoms with Gasteiger partial charge in [-0.3, -0.25) is 9.69 Å². The predicted octanol–water partition coefficient (Wildman–Crippen LogP) is 2.60. The van der Waals surface area contributed by atoms with E-state index in [0.717, 1.165) is 83.7 Å². The molecule has 0 atom stereocenters. The molecule has 1 aliphatic heterocycles. The van der Waals surface area contributed by atoms with E-state index in [9.17, 15) is 4.79 Å². The van der Waals surface area contributed by atoms with Gasteiger partial charge in [-0.1, -0.05) is 6.92 Å². The molecule has 0 aromatic carbocycles. The van der Waals surface area contributed by atoms with Gasteiger partial charge in [-0.2, -0.15) is 0 Å². The summed E-state index contributed by atoms with van der Waals surface area (Å²) in [6.07, 6.45) is 5.29. The lowest BCUT2D eigenvalue weighted by molar-refractivity contribution is 0.0955. The highest BCUT2D eigenvalue weighted by molar-refractivity contribution is 7.20. The van der Waals surface area contributed by atoms with Crippen molar-refractivity contribution >= 4 is 33.4 Å². The Bertz CT molecular complexity index is 1040. The highest BCUT2D eigenvalue weighted by atomic mass is 32.1. The fraction of sp³-hybridized carbons (Fsp3) is 0.500. The van der Waals surface area contributed by atoms with Crippen molar-refractivity contribution in [2.45, 2.75) is 33.6 Å². The van der Waals surface area contributed by atoms with Gasteiger partial charge >= 0.3 is 0 Å². The van der Waals surface area contributed by atoms with Gasteiger partial charge in [0.05, 0.1) is 4.88 Å². The van der Waals surface area contributed by atoms with E-state index in [1.807, 2.05) is 26.8 Å². The number of thiophene rings is 1. The minimum Gasteiger partial charge on any atom is -0.351 e. The molecule has 3 aromatic heterocycles. The average Bonchev–Trinajstić information content (AvgIpc) is 3.14. The summed E-state index contributed by atoms with van der Waals surface area (Å²) in [6.45, 7) is 11.5. The standard InChI is InChI=1S/C22H29N7OS/c1-4-17-26-16(3)18-15(2)19(31-21(18)27-17)20(30)23-9-6-10-28-11-13-29(14-12-28)22-24-7-5-8-25-22/h5,7-8H,4,6,9-14H2,1-3H3,(H,23,30). The third-order valence-electron chi connectivity index (χ3n) is 5.68. The van der Waals surface area contributed by atoms with Crippen LogP contribution in [0.1, 0.15) is 40.1 Å². The number of hydrogen-bond acceptors (Lipinski definition) is 8. The largest absolute Gasteiger partial charge is 0.351 e. The summed E-state index contributed by atoms with van der Waals surface area (Å²) in [7, 11) is 0. The van der Waals surface area contributed by atoms with E-state index >= 15 is 0 Å². The summed E-state index contributed by atoms with van der Waals surface area (Å²) in [5.41, 5.74) is 1.94. The fourth-order valence-corrected chi connectivity index (χ4v) is 5.15. The van der Waals surface area contributed by atoms with Gasteiger partial charge < -0.3 is 10.2 Å². The van der Waals surface area contributed by atoms with Crippen LogP contribution in [0.4, 0.5) is 5.95 Å². The van der Waals surface area contributed by atoms with Gasteiger partial charge in [0.2, 0.25) is 5.95 Å². The van der Waals surface area contributed by atoms with Crippen LogP contribution in [0.25, 0.3) is 10.2 Å². The summed E-state index contributed by atoms with van der Waals surface area (Å²) < 4.78 is 0. The van der Waals surface area contributed by atoms with Crippen LogP contribution in [0.15, 0.2) is 18.5 Å². The summed E-state index contributed by atoms with van der Waals surface area (Å²) in [5, 5.41) is 4.11. The molecule has 0 bridgehead atoms. The lowest BCUT2D eigenvalue weighted by Gasteiger charge is -2.34. The maximum absolute atomic E-state index is 12.8. The van der Waals surface area contributed by atoms with Gasteiger partial charge in [-0.15, -0.1) is 11.3 Å². The highest BCUT2D eigenvalue weighted by Gasteiger charge is 2.20. The summed E-state index contributed by atoms with van der Waals surface area (Å²) >= 11 is 1.47. The fourth-order valence-electron chi connectivity index (χ4n) is 3.98. The Kier molecular flexibility index (Phi) is 6.72. The Hall–Kier alpha value is -2.65. The molecule has 4 heterocycles. The minimum absolute atomic E-state index is 0.0102. The highest BCUT2D eigenvalue weighted by Crippen LogP contribution is 2.31. The van der Waals surface area contributed by atoms with Crippen LogP contribution < -0.4 is 10.2 Å². The van der Waals surface area contributed by atoms with Crippen LogP contribution in [-0.2, 0) is 6.42 Å². The lowest BCUT2D eigenvalue weighted by atomic mass is 10.1. The minimum atomic E-state index is -0.0102. The van der Waals surface area contributed by atoms with Crippen LogP contribution in [0.2, 0.25) is 0 Å². The first-order chi connectivity index (χ1) is 15.1. The number of aromatic nitrogens is 4. The van der Waals surface area contributed by atoms with E-state index in [1.165, 1.54) is 11.3 Å². The number of amides is 1. The third kappa shape index (κ3) is 4.83. The monoisotopic (exact) mass is 439 g/mol. The van der Waals surface area contributed by atoms with Gasteiger partial charge in [-0.25, -0.2) is 19.9 Å². The Morgan fingerprint density at radius 2 is 1.87 bits per heavy atom. The lowest BCUT2D eigenvalue weighted by Crippen LogP contribution is -2.47. The van der Waals surface area contributed by atoms with Crippen molar-refractivity contribution in [3.63, 3.8) is 0 Å². The van der Waals surface area contributed by atoms with Crippen LogP contribution in [0, 0.1) is 13.8 Å². The van der Waals surface area contributed by atoms with Gasteiger partial charge in [0.15, 0.2) is 0 Å². The average molecular weight is 440 g/mol. The van der Waals surface area contributed by atoms with Crippen LogP contribution in [0.5, 0.6) is 0 Å². The van der Waals surface area contributed by atoms with Crippen molar-refractivity contribution in [3.8, 4) is 0 Å². The molecule has 1 aliphatic rings. The molecule has 31 heavy (non-hydrogen) atoms. The van der Waals surface area contributed by atoms with Gasteiger partial charge in [0.1, 0.15) is 10.7 Å². The second-order valence-electron chi connectivity index (χ2n) is 7.80. The van der Waals surface area contributed by atoms with E-state index < -0.39 is 0 Å². The zero-order valence-electron chi connectivity index (χ0n) is 18.4. The van der Waals surface area contributed by atoms with Crippen molar-refractivity contribution in [3.05, 3.63) is 40.4 Å². The third-order valence-corrected chi connectivity index (χ3v) is 6.87. The first-order valence-electron chi connectivity index (χ1n) is 10.9. The molecule has 3 aromatic rings. The summed E-state index contributed by atoms with van der Waals surface area (Å²) in [4.78, 5) is 36.9. The SMILES string of the molecule is CCc1nc(C)c2c(C)c(C(=O)NCCCN3CCN(c4ncccn4)CC3)sc2n1. The maximum atomic E-state index is 12.8. The number of nitrogens with one attached hydrogen (secondary N) is 1. The van der Waals surface area contributed by atoms with Crippen molar-refractivity contribution in [2.75, 3.05) is 44.2 Å². The van der Waals surface area contributed by atoms with Crippen LogP contribution >= 0.6 is 11.3 Å². The number of carbonyl (C=O) groups excluding carboxylic acids is 1. The van der Waals surface area contributed by atoms with Crippen LogP contribution in [-0.4, -0.2) is 70.0 Å². The smallest absolute Gasteiger partial charge is 0.261 e. The normalized spacial score (nSPS) is 14.9. The van der Waals surface area contributed by atoms with Crippen LogP contribution in [0.3, 0.4) is 0 Å². The van der Waals surface area contributed by atoms with Crippen molar-refractivity contribution < 1.29 is 4.79 Å². The number of anilines is 1. The van der Waals surface area contributed by atoms with E-state index in [0.29, 0.717) is 6.54 Å². The summed E-state index contributed by atoms with van der Waals surface area (Å²) in [5.74, 6) is 1.63. The molecular weight excluding hydrogens is 410 g/mol. The Morgan fingerprint density at radius 1 is 1.13 bits per heavy atom. The summed E-state index contributed by atoms with van der Waals surface area (Å²) in [6, 6.07) is 1.84. The molecule has 0 saturated carbocycles. The Labute approximate surface area is 186 Å². The van der Waals surface area contributed by atoms with Gasteiger partial charge in [-0.05, 0) is 38.4 Å². The number of hydrogen-bond donors (Lipinski definition) is 1. The molecule has 1 amide bonds. The van der Waals surface area contributed by atoms with E-state index in [2.05, 4.69) is 35.1 Å². The molecule has 8 nitrogen and oxygen atoms in total. The van der Waals surface area contributed by atoms with Gasteiger partial charge in [0, 0.05) is 62.6 Å². The molecule has 0 radical (unpaired) electrons. The number of nitrogens with zero attached hydrogens (tertiary/aromatic N) is 6. The Balaban J connectivity index is 1.26. The molecule has 1 N–H and O–H groups in total. The molecular formula is C22H29N7OS.